The van der Waals surface area contributed by atoms with Gasteiger partial charge in [-0.25, -0.2) is 4.98 Å². The van der Waals surface area contributed by atoms with E-state index in [4.69, 9.17) is 34.8 Å². The maximum Gasteiger partial charge on any atom is 0.260 e. The fourth-order valence-electron chi connectivity index (χ4n) is 1.83. The number of halogens is 3. The van der Waals surface area contributed by atoms with E-state index < -0.39 is 5.91 Å². The Bertz CT molecular complexity index is 827. The first-order valence-corrected chi connectivity index (χ1v) is 7.81. The monoisotopic (exact) mass is 356 g/mol. The molecule has 3 aromatic rings. The van der Waals surface area contributed by atoms with Gasteiger partial charge in [0.15, 0.2) is 5.13 Å². The number of rotatable bonds is 2. The van der Waals surface area contributed by atoms with Crippen molar-refractivity contribution in [2.24, 2.45) is 0 Å². The molecule has 0 aliphatic heterocycles. The molecule has 0 spiro atoms. The average molecular weight is 358 g/mol. The van der Waals surface area contributed by atoms with Crippen LogP contribution in [0.2, 0.25) is 15.1 Å². The van der Waals surface area contributed by atoms with E-state index in [1.165, 1.54) is 11.3 Å². The van der Waals surface area contributed by atoms with Crippen molar-refractivity contribution in [3.8, 4) is 0 Å². The number of anilines is 1. The SMILES string of the molecule is O=C(Nc1nc2ccc(Cl)cc2s1)c1c(Cl)cccc1Cl. The second-order valence-electron chi connectivity index (χ2n) is 4.18. The number of fused-ring (bicyclic) bond motifs is 1. The summed E-state index contributed by atoms with van der Waals surface area (Å²) in [5, 5.41) is 4.39. The zero-order chi connectivity index (χ0) is 15.0. The number of thiazole rings is 1. The van der Waals surface area contributed by atoms with E-state index in [-0.39, 0.29) is 5.56 Å². The molecule has 0 radical (unpaired) electrons. The van der Waals surface area contributed by atoms with Gasteiger partial charge in [-0.2, -0.15) is 0 Å². The zero-order valence-electron chi connectivity index (χ0n) is 10.4. The molecule has 1 heterocycles. The van der Waals surface area contributed by atoms with Crippen molar-refractivity contribution in [2.45, 2.75) is 0 Å². The van der Waals surface area contributed by atoms with Gasteiger partial charge in [-0.15, -0.1) is 0 Å². The average Bonchev–Trinajstić information content (AvgIpc) is 2.79. The van der Waals surface area contributed by atoms with Crippen LogP contribution in [-0.2, 0) is 0 Å². The molecular weight excluding hydrogens is 351 g/mol. The van der Waals surface area contributed by atoms with Crippen molar-refractivity contribution in [1.29, 1.82) is 0 Å². The number of aromatic nitrogens is 1. The fourth-order valence-corrected chi connectivity index (χ4v) is 3.53. The first-order valence-electron chi connectivity index (χ1n) is 5.86. The van der Waals surface area contributed by atoms with E-state index in [2.05, 4.69) is 10.3 Å². The molecule has 7 heteroatoms. The molecule has 0 fully saturated rings. The van der Waals surface area contributed by atoms with E-state index in [9.17, 15) is 4.79 Å². The first kappa shape index (κ1) is 14.6. The van der Waals surface area contributed by atoms with Crippen molar-refractivity contribution in [3.05, 3.63) is 57.0 Å². The number of carbonyl (C=O) groups is 1. The van der Waals surface area contributed by atoms with Gasteiger partial charge in [-0.1, -0.05) is 52.2 Å². The van der Waals surface area contributed by atoms with Crippen molar-refractivity contribution < 1.29 is 4.79 Å². The highest BCUT2D eigenvalue weighted by Gasteiger charge is 2.16. The molecule has 0 saturated carbocycles. The minimum absolute atomic E-state index is 0.234. The molecule has 21 heavy (non-hydrogen) atoms. The van der Waals surface area contributed by atoms with E-state index in [0.29, 0.717) is 20.2 Å². The Balaban J connectivity index is 1.93. The van der Waals surface area contributed by atoms with Gasteiger partial charge in [0.05, 0.1) is 25.8 Å². The van der Waals surface area contributed by atoms with Crippen LogP contribution < -0.4 is 5.32 Å². The summed E-state index contributed by atoms with van der Waals surface area (Å²) < 4.78 is 0.892. The predicted molar refractivity (Wildman–Crippen MR) is 89.0 cm³/mol. The van der Waals surface area contributed by atoms with Crippen LogP contribution in [0.15, 0.2) is 36.4 Å². The summed E-state index contributed by atoms with van der Waals surface area (Å²) in [6.45, 7) is 0. The molecule has 0 aliphatic rings. The van der Waals surface area contributed by atoms with Gasteiger partial charge in [0, 0.05) is 5.02 Å². The van der Waals surface area contributed by atoms with Crippen molar-refractivity contribution in [2.75, 3.05) is 5.32 Å². The van der Waals surface area contributed by atoms with Crippen LogP contribution in [0.3, 0.4) is 0 Å². The lowest BCUT2D eigenvalue weighted by Crippen LogP contribution is -2.12. The summed E-state index contributed by atoms with van der Waals surface area (Å²) in [5.74, 6) is -0.393. The highest BCUT2D eigenvalue weighted by atomic mass is 35.5. The van der Waals surface area contributed by atoms with Crippen molar-refractivity contribution in [1.82, 2.24) is 4.98 Å². The number of benzene rings is 2. The Kier molecular flexibility index (Phi) is 4.04. The van der Waals surface area contributed by atoms with Crippen molar-refractivity contribution >= 4 is 67.4 Å². The first-order chi connectivity index (χ1) is 10.0. The van der Waals surface area contributed by atoms with Gasteiger partial charge in [-0.05, 0) is 30.3 Å². The summed E-state index contributed by atoms with van der Waals surface area (Å²) in [6.07, 6.45) is 0. The molecule has 0 saturated heterocycles. The smallest absolute Gasteiger partial charge is 0.260 e. The summed E-state index contributed by atoms with van der Waals surface area (Å²) in [5.41, 5.74) is 1.00. The number of nitrogens with zero attached hydrogens (tertiary/aromatic N) is 1. The lowest BCUT2D eigenvalue weighted by molar-refractivity contribution is 0.102. The number of hydrogen-bond acceptors (Lipinski definition) is 3. The lowest BCUT2D eigenvalue weighted by Gasteiger charge is -2.05. The van der Waals surface area contributed by atoms with Gasteiger partial charge in [0.2, 0.25) is 0 Å². The van der Waals surface area contributed by atoms with Crippen LogP contribution in [0, 0.1) is 0 Å². The highest BCUT2D eigenvalue weighted by Crippen LogP contribution is 2.30. The van der Waals surface area contributed by atoms with Gasteiger partial charge < -0.3 is 0 Å². The largest absolute Gasteiger partial charge is 0.298 e. The maximum atomic E-state index is 12.3. The van der Waals surface area contributed by atoms with Crippen LogP contribution >= 0.6 is 46.1 Å². The molecule has 0 atom stereocenters. The number of nitrogens with one attached hydrogen (secondary N) is 1. The standard InChI is InChI=1S/C14H7Cl3N2OS/c15-7-4-5-10-11(6-7)21-14(18-10)19-13(20)12-8(16)2-1-3-9(12)17/h1-6H,(H,18,19,20). The van der Waals surface area contributed by atoms with E-state index in [1.54, 1.807) is 36.4 Å². The van der Waals surface area contributed by atoms with E-state index >= 15 is 0 Å². The molecule has 106 valence electrons. The minimum Gasteiger partial charge on any atom is -0.298 e. The van der Waals surface area contributed by atoms with Crippen molar-refractivity contribution in [3.63, 3.8) is 0 Å². The van der Waals surface area contributed by atoms with E-state index in [1.807, 2.05) is 0 Å². The van der Waals surface area contributed by atoms with Crippen LogP contribution in [0.1, 0.15) is 10.4 Å². The Morgan fingerprint density at radius 3 is 2.52 bits per heavy atom. The predicted octanol–water partition coefficient (Wildman–Crippen LogP) is 5.51. The lowest BCUT2D eigenvalue weighted by atomic mass is 10.2. The van der Waals surface area contributed by atoms with Gasteiger partial charge >= 0.3 is 0 Å². The summed E-state index contributed by atoms with van der Waals surface area (Å²) in [4.78, 5) is 16.6. The Morgan fingerprint density at radius 1 is 1.10 bits per heavy atom. The third-order valence-electron chi connectivity index (χ3n) is 2.76. The Labute approximate surface area is 139 Å². The highest BCUT2D eigenvalue weighted by molar-refractivity contribution is 7.22. The molecule has 0 unspecified atom stereocenters. The summed E-state index contributed by atoms with van der Waals surface area (Å²) >= 11 is 19.3. The van der Waals surface area contributed by atoms with Gasteiger partial charge in [0.25, 0.3) is 5.91 Å². The van der Waals surface area contributed by atoms with Crippen LogP contribution in [-0.4, -0.2) is 10.9 Å². The fraction of sp³-hybridized carbons (Fsp3) is 0. The number of carbonyl (C=O) groups excluding carboxylic acids is 1. The Hall–Kier alpha value is -1.33. The minimum atomic E-state index is -0.393. The van der Waals surface area contributed by atoms with Crippen LogP contribution in [0.5, 0.6) is 0 Å². The molecule has 0 bridgehead atoms. The quantitative estimate of drug-likeness (QED) is 0.657. The topological polar surface area (TPSA) is 42.0 Å². The van der Waals surface area contributed by atoms with Gasteiger partial charge in [0.1, 0.15) is 0 Å². The Morgan fingerprint density at radius 2 is 1.81 bits per heavy atom. The molecule has 1 amide bonds. The molecule has 1 N–H and O–H groups in total. The molecule has 0 aliphatic carbocycles. The number of amides is 1. The normalized spacial score (nSPS) is 10.8. The molecule has 3 rings (SSSR count). The van der Waals surface area contributed by atoms with Gasteiger partial charge in [-0.3, -0.25) is 10.1 Å². The summed E-state index contributed by atoms with van der Waals surface area (Å²) in [7, 11) is 0. The van der Waals surface area contributed by atoms with E-state index in [0.717, 1.165) is 10.2 Å². The molecule has 2 aromatic carbocycles. The second-order valence-corrected chi connectivity index (χ2v) is 6.46. The molecular formula is C14H7Cl3N2OS. The third-order valence-corrected chi connectivity index (χ3v) is 4.56. The third kappa shape index (κ3) is 2.99. The summed E-state index contributed by atoms with van der Waals surface area (Å²) in [6, 6.07) is 10.3. The molecule has 3 nitrogen and oxygen atoms in total. The maximum absolute atomic E-state index is 12.3. The second kappa shape index (κ2) is 5.81. The van der Waals surface area contributed by atoms with Crippen LogP contribution in [0.25, 0.3) is 10.2 Å². The van der Waals surface area contributed by atoms with Crippen LogP contribution in [0.4, 0.5) is 5.13 Å². The number of hydrogen-bond donors (Lipinski definition) is 1. The molecule has 1 aromatic heterocycles. The zero-order valence-corrected chi connectivity index (χ0v) is 13.4.